The summed E-state index contributed by atoms with van der Waals surface area (Å²) in [4.78, 5) is 139. The first-order chi connectivity index (χ1) is 69.5. The fourth-order valence-corrected chi connectivity index (χ4v) is 11.1. The number of ketones is 2. The highest BCUT2D eigenvalue weighted by Crippen LogP contribution is 2.13. The predicted molar refractivity (Wildman–Crippen MR) is 530 cm³/mol. The number of rotatable bonds is 85. The number of amides is 7. The van der Waals surface area contributed by atoms with Crippen molar-refractivity contribution in [1.29, 1.82) is 0 Å². The number of carbonyl (C=O) groups is 11. The lowest BCUT2D eigenvalue weighted by molar-refractivity contribution is -0.140. The summed E-state index contributed by atoms with van der Waals surface area (Å²) in [5, 5.41) is 38.0. The topological polar surface area (TPSA) is 657 Å². The first-order valence-corrected chi connectivity index (χ1v) is 48.8. The van der Waals surface area contributed by atoms with Crippen LogP contribution in [0, 0.1) is 0 Å². The zero-order chi connectivity index (χ0) is 107. The number of aliphatic hydroxyl groups excluding tert-OH is 1. The molecular weight excluding hydrogens is 1890 g/mol. The molecule has 0 aliphatic heterocycles. The molecule has 144 heavy (non-hydrogen) atoms. The average Bonchev–Trinajstić information content (AvgIpc) is 0.902. The first kappa shape index (κ1) is 136. The van der Waals surface area contributed by atoms with Crippen LogP contribution in [0.5, 0.6) is 0 Å². The van der Waals surface area contributed by atoms with Crippen molar-refractivity contribution >= 4 is 65.8 Å². The van der Waals surface area contributed by atoms with Gasteiger partial charge in [-0.3, -0.25) is 33.6 Å². The van der Waals surface area contributed by atoms with Crippen LogP contribution >= 0.6 is 0 Å². The van der Waals surface area contributed by atoms with Crippen LogP contribution in [0.15, 0.2) is 91.0 Å². The molecule has 20 N–H and O–H groups in total. The largest absolute Gasteiger partial charge is 0.480 e. The minimum absolute atomic E-state index is 0.0635. The molecule has 47 nitrogen and oxygen atoms in total. The number of aliphatic carboxylic acids is 2. The summed E-state index contributed by atoms with van der Waals surface area (Å²) in [5.41, 5.74) is 33.1. The van der Waals surface area contributed by atoms with E-state index in [1.165, 1.54) is 0 Å². The summed E-state index contributed by atoms with van der Waals surface area (Å²) >= 11 is 0. The number of carboxylic acid groups (broad SMARTS) is 2. The van der Waals surface area contributed by atoms with Gasteiger partial charge >= 0.3 is 42.4 Å². The zero-order valence-corrected chi connectivity index (χ0v) is 85.7. The number of hydroxylamine groups is 2. The van der Waals surface area contributed by atoms with Crippen molar-refractivity contribution < 1.29 is 168 Å². The molecular formula is C97H170N12O35. The normalized spacial score (nSPS) is 11.8. The lowest BCUT2D eigenvalue weighted by Crippen LogP contribution is -2.42. The van der Waals surface area contributed by atoms with Crippen molar-refractivity contribution in [3.63, 3.8) is 0 Å². The highest BCUT2D eigenvalue weighted by Gasteiger charge is 2.24. The van der Waals surface area contributed by atoms with Crippen molar-refractivity contribution in [3.8, 4) is 0 Å². The second kappa shape index (κ2) is 98.0. The number of hydrogen-bond acceptors (Lipinski definition) is 38. The van der Waals surface area contributed by atoms with Gasteiger partial charge in [0.05, 0.1) is 184 Å². The van der Waals surface area contributed by atoms with E-state index in [0.717, 1.165) is 36.6 Å². The summed E-state index contributed by atoms with van der Waals surface area (Å²) in [5.74, 6) is -2.90. The molecule has 0 spiro atoms. The Balaban J connectivity index is 0. The van der Waals surface area contributed by atoms with E-state index in [2.05, 4.69) is 37.5 Å². The summed E-state index contributed by atoms with van der Waals surface area (Å²) in [6, 6.07) is 24.8. The van der Waals surface area contributed by atoms with E-state index >= 15 is 0 Å². The molecule has 3 aromatic rings. The number of carbonyl (C=O) groups excluding carboxylic acids is 9. The maximum atomic E-state index is 13.2. The number of nitrogens with two attached hydrogens (primary N) is 5. The van der Waals surface area contributed by atoms with E-state index in [0.29, 0.717) is 262 Å². The standard InChI is InChI=1S/C42H83N5O18.C22H26N2O6.C18H37N3O6.C14H20N2O4.CH4O/c1-42(2,3)65-41(51)47-64-34-33-61-18-15-52-12-6-8-38(48)37(46-40(50)36-63-32-30-60-28-26-58-24-22-56-20-17-54-14-10-44)7-4-5-11-45-39(49)35-62-31-29-59-27-25-57-23-21-55-19-16-53-13-9-43;25-20(26)19(24-22(28)30-16-18-11-5-2-6-12-18)13-7-8-14-23-21(27)29-15-17-9-3-1-4-10-17;1-18(2,3)27-17(23)21-26-14-13-25-12-11-24-10-6-8-16(22)15(20)7-4-5-9-19;15-12(13(17)18)8-4-5-9-16-14(19)20-10-11-6-2-1-3-7-11;1-2/h37H,4-36,43-44H2,1-3H3,(H,45,49)(H,46,50)(H,47,51);1-6,9-12,19H,7-8,13-16H2,(H,23,27)(H,24,28)(H,25,26);15H,4-14,19-20H2,1-3H3,(H,21,23);1-3,6-7,12H,4-5,8-10,15H2,(H,16,19)(H,17,18);2H,1H3/t37-;19-;15-;12-;/m1111./s1. The highest BCUT2D eigenvalue weighted by atomic mass is 16.7. The van der Waals surface area contributed by atoms with Gasteiger partial charge in [-0.15, -0.1) is 0 Å². The molecule has 0 unspecified atom stereocenters. The van der Waals surface area contributed by atoms with E-state index < -0.39 is 83.7 Å². The number of aliphatic hydroxyl groups is 1. The number of unbranched alkanes of at least 4 members (excludes halogenated alkanes) is 4. The molecule has 3 aromatic carbocycles. The van der Waals surface area contributed by atoms with Crippen molar-refractivity contribution in [2.24, 2.45) is 28.7 Å². The van der Waals surface area contributed by atoms with Gasteiger partial charge in [-0.05, 0) is 148 Å². The van der Waals surface area contributed by atoms with Crippen molar-refractivity contribution in [3.05, 3.63) is 108 Å². The fourth-order valence-electron chi connectivity index (χ4n) is 11.1. The van der Waals surface area contributed by atoms with Gasteiger partial charge in [0.1, 0.15) is 62.1 Å². The van der Waals surface area contributed by atoms with Gasteiger partial charge in [-0.25, -0.2) is 28.8 Å². The maximum absolute atomic E-state index is 13.2. The number of hydrogen-bond donors (Lipinski definition) is 15. The molecule has 0 bridgehead atoms. The fraction of sp³-hybridized carbons (Fsp3) is 0.701. The van der Waals surface area contributed by atoms with Crippen molar-refractivity contribution in [2.75, 3.05) is 245 Å². The van der Waals surface area contributed by atoms with E-state index in [1.807, 2.05) is 78.9 Å². The van der Waals surface area contributed by atoms with Crippen molar-refractivity contribution in [2.45, 2.75) is 199 Å². The molecule has 47 heteroatoms. The van der Waals surface area contributed by atoms with Crippen LogP contribution in [-0.4, -0.2) is 361 Å². The Morgan fingerprint density at radius 3 is 0.958 bits per heavy atom. The van der Waals surface area contributed by atoms with Crippen molar-refractivity contribution in [1.82, 2.24) is 37.5 Å². The van der Waals surface area contributed by atoms with E-state index in [4.69, 9.17) is 139 Å². The molecule has 0 saturated heterocycles. The third-order valence-corrected chi connectivity index (χ3v) is 18.2. The Hall–Kier alpha value is -9.65. The van der Waals surface area contributed by atoms with Crippen LogP contribution in [-0.2, 0) is 148 Å². The molecule has 0 aliphatic rings. The number of ether oxygens (including phenoxy) is 19. The number of benzene rings is 3. The molecule has 0 aromatic heterocycles. The summed E-state index contributed by atoms with van der Waals surface area (Å²) in [7, 11) is 1.00. The minimum atomic E-state index is -1.14. The summed E-state index contributed by atoms with van der Waals surface area (Å²) in [6.45, 7) is 23.9. The third-order valence-electron chi connectivity index (χ3n) is 18.2. The molecule has 828 valence electrons. The summed E-state index contributed by atoms with van der Waals surface area (Å²) in [6.07, 6.45) is 5.56. The van der Waals surface area contributed by atoms with E-state index in [-0.39, 0.29) is 103 Å². The lowest BCUT2D eigenvalue weighted by Gasteiger charge is -2.19. The average molecular weight is 2060 g/mol. The van der Waals surface area contributed by atoms with E-state index in [9.17, 15) is 57.8 Å². The zero-order valence-electron chi connectivity index (χ0n) is 85.7. The van der Waals surface area contributed by atoms with Crippen LogP contribution in [0.25, 0.3) is 0 Å². The predicted octanol–water partition coefficient (Wildman–Crippen LogP) is 5.53. The number of Topliss-reactive ketones (excluding diaryl/α,β-unsaturated/α-hetero) is 2. The molecule has 0 saturated carbocycles. The van der Waals surface area contributed by atoms with Crippen LogP contribution in [0.4, 0.5) is 24.0 Å². The third kappa shape index (κ3) is 95.8. The van der Waals surface area contributed by atoms with Gasteiger partial charge in [0.15, 0.2) is 5.78 Å². The van der Waals surface area contributed by atoms with Gasteiger partial charge in [0, 0.05) is 65.9 Å². The Morgan fingerprint density at radius 1 is 0.299 bits per heavy atom. The second-order valence-electron chi connectivity index (χ2n) is 32.9. The molecule has 0 fully saturated rings. The Labute approximate surface area is 847 Å². The Bertz CT molecular complexity index is 3620. The number of carboxylic acids is 2. The molecule has 4 atom stereocenters. The minimum Gasteiger partial charge on any atom is -0.480 e. The SMILES string of the molecule is CC(C)(C)OC(=O)NOCCOCCOCCCC(=O)[C@@H](CCCCNC(=O)COCCOCCOCCOCCOCCN)NC(=O)COCCOCCOCCOCCOCCN.CC(C)(C)OC(=O)NOCCOCCOCCCC(=O)[C@H](N)CCCCN.CO.N[C@H](CCCCNC(=O)OCc1ccccc1)C(=O)O.O=C(NCCCC[C@@H](NC(=O)OCc1ccccc1)C(=O)O)OCc1ccccc1. The lowest BCUT2D eigenvalue weighted by atomic mass is 10.0. The van der Waals surface area contributed by atoms with Gasteiger partial charge < -0.3 is 161 Å². The number of nitrogens with one attached hydrogen (secondary N) is 7. The molecule has 7 amide bonds. The quantitative estimate of drug-likeness (QED) is 0.0188. The van der Waals surface area contributed by atoms with Crippen LogP contribution in [0.1, 0.15) is 161 Å². The number of alkyl carbamates (subject to hydrolysis) is 3. The van der Waals surface area contributed by atoms with Crippen LogP contribution in [0.3, 0.4) is 0 Å². The Kier molecular flexibility index (Phi) is 92.9. The first-order valence-electron chi connectivity index (χ1n) is 48.8. The van der Waals surface area contributed by atoms with Gasteiger partial charge in [0.2, 0.25) is 11.8 Å². The second-order valence-corrected chi connectivity index (χ2v) is 32.9. The summed E-state index contributed by atoms with van der Waals surface area (Å²) < 4.78 is 101. The van der Waals surface area contributed by atoms with Gasteiger partial charge in [-0.1, -0.05) is 97.4 Å². The molecule has 3 rings (SSSR count). The monoisotopic (exact) mass is 2060 g/mol. The van der Waals surface area contributed by atoms with Gasteiger partial charge in [-0.2, -0.15) is 11.0 Å². The van der Waals surface area contributed by atoms with Crippen LogP contribution < -0.4 is 66.2 Å². The molecule has 0 aliphatic carbocycles. The highest BCUT2D eigenvalue weighted by molar-refractivity contribution is 5.89. The molecule has 0 radical (unpaired) electrons. The maximum Gasteiger partial charge on any atom is 0.431 e. The molecule has 0 heterocycles. The van der Waals surface area contributed by atoms with Gasteiger partial charge in [0.25, 0.3) is 0 Å². The smallest absolute Gasteiger partial charge is 0.431 e. The Morgan fingerprint density at radius 2 is 0.604 bits per heavy atom. The van der Waals surface area contributed by atoms with Crippen LogP contribution in [0.2, 0.25) is 0 Å². The van der Waals surface area contributed by atoms with E-state index in [1.54, 1.807) is 53.7 Å².